The Labute approximate surface area is 101 Å². The number of nitrogens with one attached hydrogen (secondary N) is 1. The summed E-state index contributed by atoms with van der Waals surface area (Å²) in [6.45, 7) is 2.65. The summed E-state index contributed by atoms with van der Waals surface area (Å²) in [4.78, 5) is 16.6. The van der Waals surface area contributed by atoms with Gasteiger partial charge in [0.25, 0.3) is 5.91 Å². The second-order valence-electron chi connectivity index (χ2n) is 3.46. The fraction of sp³-hybridized carbons (Fsp3) is 0.417. The summed E-state index contributed by atoms with van der Waals surface area (Å²) < 4.78 is 9.92. The van der Waals surface area contributed by atoms with Crippen LogP contribution in [0.5, 0.6) is 5.75 Å². The Kier molecular flexibility index (Phi) is 5.45. The number of carbonyl (C=O) groups excluding carboxylic acids is 1. The Morgan fingerprint density at radius 3 is 2.71 bits per heavy atom. The van der Waals surface area contributed by atoms with E-state index in [4.69, 9.17) is 14.3 Å². The molecule has 0 aliphatic rings. The van der Waals surface area contributed by atoms with E-state index in [0.29, 0.717) is 24.5 Å². The van der Waals surface area contributed by atoms with Gasteiger partial charge >= 0.3 is 0 Å². The number of benzene rings is 1. The molecule has 1 rings (SSSR count). The number of ether oxygens (including phenoxy) is 2. The third kappa shape index (κ3) is 4.05. The second-order valence-corrected chi connectivity index (χ2v) is 3.46. The highest BCUT2D eigenvalue weighted by atomic mass is 16.7. The van der Waals surface area contributed by atoms with Crippen molar-refractivity contribution in [3.8, 4) is 5.75 Å². The van der Waals surface area contributed by atoms with Crippen molar-refractivity contribution in [2.45, 2.75) is 6.92 Å². The van der Waals surface area contributed by atoms with Crippen LogP contribution in [0.15, 0.2) is 18.2 Å². The van der Waals surface area contributed by atoms with Gasteiger partial charge in [-0.05, 0) is 24.6 Å². The summed E-state index contributed by atoms with van der Waals surface area (Å²) in [7, 11) is 3.13. The number of carbonyl (C=O) groups is 1. The van der Waals surface area contributed by atoms with E-state index in [1.807, 2.05) is 13.0 Å². The molecule has 0 aliphatic heterocycles. The van der Waals surface area contributed by atoms with Crippen molar-refractivity contribution in [3.05, 3.63) is 29.3 Å². The van der Waals surface area contributed by atoms with Crippen LogP contribution in [0.25, 0.3) is 0 Å². The van der Waals surface area contributed by atoms with Gasteiger partial charge in [-0.15, -0.1) is 0 Å². The van der Waals surface area contributed by atoms with Crippen LogP contribution in [0.1, 0.15) is 15.9 Å². The largest absolute Gasteiger partial charge is 0.496 e. The molecule has 0 radical (unpaired) electrons. The average Bonchev–Trinajstić information content (AvgIpc) is 2.35. The van der Waals surface area contributed by atoms with Crippen molar-refractivity contribution in [2.75, 3.05) is 27.4 Å². The molecule has 17 heavy (non-hydrogen) atoms. The number of hydrogen-bond donors (Lipinski definition) is 1. The van der Waals surface area contributed by atoms with E-state index >= 15 is 0 Å². The third-order valence-electron chi connectivity index (χ3n) is 2.22. The predicted molar refractivity (Wildman–Crippen MR) is 63.0 cm³/mol. The first-order valence-corrected chi connectivity index (χ1v) is 5.24. The van der Waals surface area contributed by atoms with Crippen molar-refractivity contribution >= 4 is 5.91 Å². The fourth-order valence-electron chi connectivity index (χ4n) is 1.26. The number of rotatable bonds is 6. The second kappa shape index (κ2) is 6.88. The quantitative estimate of drug-likeness (QED) is 0.600. The molecule has 0 aromatic heterocycles. The zero-order chi connectivity index (χ0) is 12.7. The lowest BCUT2D eigenvalue weighted by molar-refractivity contribution is 0.00887. The molecule has 0 bridgehead atoms. The zero-order valence-electron chi connectivity index (χ0n) is 10.3. The molecule has 1 aromatic carbocycles. The van der Waals surface area contributed by atoms with Gasteiger partial charge in [0, 0.05) is 12.7 Å². The summed E-state index contributed by atoms with van der Waals surface area (Å²) in [5.41, 5.74) is 3.80. The van der Waals surface area contributed by atoms with Crippen LogP contribution in [0.4, 0.5) is 0 Å². The van der Waals surface area contributed by atoms with E-state index in [1.165, 1.54) is 0 Å². The maximum atomic E-state index is 11.7. The van der Waals surface area contributed by atoms with Gasteiger partial charge in [-0.2, -0.15) is 0 Å². The van der Waals surface area contributed by atoms with E-state index in [0.717, 1.165) is 5.56 Å². The van der Waals surface area contributed by atoms with Crippen molar-refractivity contribution < 1.29 is 19.1 Å². The van der Waals surface area contributed by atoms with Gasteiger partial charge in [-0.25, -0.2) is 5.48 Å². The fourth-order valence-corrected chi connectivity index (χ4v) is 1.26. The van der Waals surface area contributed by atoms with Gasteiger partial charge < -0.3 is 9.47 Å². The Hall–Kier alpha value is -1.59. The molecule has 5 heteroatoms. The summed E-state index contributed by atoms with van der Waals surface area (Å²) >= 11 is 0. The monoisotopic (exact) mass is 239 g/mol. The molecule has 0 atom stereocenters. The Morgan fingerprint density at radius 1 is 1.29 bits per heavy atom. The van der Waals surface area contributed by atoms with Crippen molar-refractivity contribution in [3.63, 3.8) is 0 Å². The zero-order valence-corrected chi connectivity index (χ0v) is 10.3. The molecule has 94 valence electrons. The maximum Gasteiger partial charge on any atom is 0.274 e. The van der Waals surface area contributed by atoms with Crippen molar-refractivity contribution in [2.24, 2.45) is 0 Å². The highest BCUT2D eigenvalue weighted by Crippen LogP contribution is 2.18. The predicted octanol–water partition coefficient (Wildman–Crippen LogP) is 1.31. The lowest BCUT2D eigenvalue weighted by Gasteiger charge is -2.08. The molecular formula is C12H17NO4. The van der Waals surface area contributed by atoms with E-state index in [9.17, 15) is 4.79 Å². The standard InChI is InChI=1S/C12H17NO4/c1-9-4-5-10(8-11(9)16-3)12(14)13-17-7-6-15-2/h4-5,8H,6-7H2,1-3H3,(H,13,14). The maximum absolute atomic E-state index is 11.7. The van der Waals surface area contributed by atoms with Crippen molar-refractivity contribution in [1.29, 1.82) is 0 Å². The molecule has 1 N–H and O–H groups in total. The summed E-state index contributed by atoms with van der Waals surface area (Å²) in [6, 6.07) is 5.21. The lowest BCUT2D eigenvalue weighted by atomic mass is 10.1. The van der Waals surface area contributed by atoms with E-state index in [1.54, 1.807) is 26.4 Å². The molecule has 0 heterocycles. The third-order valence-corrected chi connectivity index (χ3v) is 2.22. The molecule has 0 spiro atoms. The minimum Gasteiger partial charge on any atom is -0.496 e. The van der Waals surface area contributed by atoms with Crippen LogP contribution in [-0.2, 0) is 9.57 Å². The molecule has 0 saturated carbocycles. The number of hydrogen-bond acceptors (Lipinski definition) is 4. The Morgan fingerprint density at radius 2 is 2.06 bits per heavy atom. The molecule has 0 fully saturated rings. The number of hydroxylamine groups is 1. The lowest BCUT2D eigenvalue weighted by Crippen LogP contribution is -2.25. The molecule has 5 nitrogen and oxygen atoms in total. The van der Waals surface area contributed by atoms with Gasteiger partial charge in [0.1, 0.15) is 5.75 Å². The van der Waals surface area contributed by atoms with Crippen LogP contribution in [0, 0.1) is 6.92 Å². The first kappa shape index (κ1) is 13.5. The van der Waals surface area contributed by atoms with Gasteiger partial charge in [0.2, 0.25) is 0 Å². The van der Waals surface area contributed by atoms with Gasteiger partial charge in [-0.3, -0.25) is 9.63 Å². The minimum atomic E-state index is -0.306. The number of methoxy groups -OCH3 is 2. The van der Waals surface area contributed by atoms with Crippen LogP contribution < -0.4 is 10.2 Å². The van der Waals surface area contributed by atoms with E-state index in [-0.39, 0.29) is 5.91 Å². The highest BCUT2D eigenvalue weighted by molar-refractivity contribution is 5.93. The summed E-state index contributed by atoms with van der Waals surface area (Å²) in [5, 5.41) is 0. The smallest absolute Gasteiger partial charge is 0.274 e. The van der Waals surface area contributed by atoms with E-state index in [2.05, 4.69) is 5.48 Å². The van der Waals surface area contributed by atoms with Gasteiger partial charge in [0.15, 0.2) is 0 Å². The summed E-state index contributed by atoms with van der Waals surface area (Å²) in [5.74, 6) is 0.369. The van der Waals surface area contributed by atoms with Gasteiger partial charge in [0.05, 0.1) is 20.3 Å². The SMILES string of the molecule is COCCONC(=O)c1ccc(C)c(OC)c1. The molecule has 0 unspecified atom stereocenters. The molecule has 1 amide bonds. The molecular weight excluding hydrogens is 222 g/mol. The van der Waals surface area contributed by atoms with Gasteiger partial charge in [-0.1, -0.05) is 6.07 Å². The first-order chi connectivity index (χ1) is 8.19. The average molecular weight is 239 g/mol. The Bertz CT molecular complexity index is 379. The normalized spacial score (nSPS) is 10.1. The first-order valence-electron chi connectivity index (χ1n) is 5.24. The molecule has 1 aromatic rings. The number of amides is 1. The number of aryl methyl sites for hydroxylation is 1. The highest BCUT2D eigenvalue weighted by Gasteiger charge is 2.08. The van der Waals surface area contributed by atoms with Crippen LogP contribution >= 0.6 is 0 Å². The van der Waals surface area contributed by atoms with Crippen LogP contribution in [0.2, 0.25) is 0 Å². The van der Waals surface area contributed by atoms with Crippen molar-refractivity contribution in [1.82, 2.24) is 5.48 Å². The Balaban J connectivity index is 2.57. The topological polar surface area (TPSA) is 56.8 Å². The van der Waals surface area contributed by atoms with Crippen LogP contribution in [0.3, 0.4) is 0 Å². The minimum absolute atomic E-state index is 0.306. The van der Waals surface area contributed by atoms with E-state index < -0.39 is 0 Å². The van der Waals surface area contributed by atoms with Crippen LogP contribution in [-0.4, -0.2) is 33.3 Å². The molecule has 0 aliphatic carbocycles. The molecule has 0 saturated heterocycles. The summed E-state index contributed by atoms with van der Waals surface area (Å²) in [6.07, 6.45) is 0.